The van der Waals surface area contributed by atoms with Crippen molar-refractivity contribution in [3.05, 3.63) is 101 Å². The smallest absolute Gasteiger partial charge is 0.251 e. The minimum atomic E-state index is -3.86. The molecular weight excluding hydrogens is 462 g/mol. The lowest BCUT2D eigenvalue weighted by atomic mass is 10.0. The van der Waals surface area contributed by atoms with Crippen molar-refractivity contribution < 1.29 is 18.0 Å². The van der Waals surface area contributed by atoms with Gasteiger partial charge in [0.15, 0.2) is 0 Å². The monoisotopic (exact) mass is 491 g/mol. The van der Waals surface area contributed by atoms with Crippen LogP contribution in [-0.4, -0.2) is 32.3 Å². The van der Waals surface area contributed by atoms with E-state index in [0.717, 1.165) is 24.0 Å². The van der Waals surface area contributed by atoms with Crippen LogP contribution < -0.4 is 15.4 Å². The minimum Gasteiger partial charge on any atom is -0.352 e. The molecule has 0 heterocycles. The Morgan fingerprint density at radius 3 is 2.17 bits per heavy atom. The molecule has 1 unspecified atom stereocenters. The Kier molecular flexibility index (Phi) is 7.63. The lowest BCUT2D eigenvalue weighted by Gasteiger charge is -2.19. The maximum Gasteiger partial charge on any atom is 0.251 e. The molecule has 1 atom stereocenters. The van der Waals surface area contributed by atoms with Gasteiger partial charge in [-0.25, -0.2) is 13.1 Å². The third-order valence-electron chi connectivity index (χ3n) is 5.88. The van der Waals surface area contributed by atoms with E-state index in [2.05, 4.69) is 15.4 Å². The van der Waals surface area contributed by atoms with E-state index in [0.29, 0.717) is 12.0 Å². The molecule has 0 spiro atoms. The van der Waals surface area contributed by atoms with Gasteiger partial charge in [-0.3, -0.25) is 9.59 Å². The lowest BCUT2D eigenvalue weighted by Crippen LogP contribution is -2.48. The summed E-state index contributed by atoms with van der Waals surface area (Å²) in [6.45, 7) is 1.82. The highest BCUT2D eigenvalue weighted by atomic mass is 32.2. The van der Waals surface area contributed by atoms with E-state index >= 15 is 0 Å². The van der Waals surface area contributed by atoms with Crippen LogP contribution in [0.3, 0.4) is 0 Å². The van der Waals surface area contributed by atoms with E-state index in [1.54, 1.807) is 19.1 Å². The molecule has 3 N–H and O–H groups in total. The van der Waals surface area contributed by atoms with E-state index in [-0.39, 0.29) is 29.0 Å². The Morgan fingerprint density at radius 2 is 1.54 bits per heavy atom. The molecule has 2 amide bonds. The Labute approximate surface area is 206 Å². The van der Waals surface area contributed by atoms with Crippen molar-refractivity contribution in [2.24, 2.45) is 0 Å². The molecule has 3 aromatic carbocycles. The molecule has 4 rings (SSSR count). The van der Waals surface area contributed by atoms with Crippen LogP contribution in [0.4, 0.5) is 0 Å². The first-order chi connectivity index (χ1) is 16.8. The van der Waals surface area contributed by atoms with Crippen molar-refractivity contribution in [2.75, 3.05) is 0 Å². The van der Waals surface area contributed by atoms with Crippen molar-refractivity contribution in [1.82, 2.24) is 15.4 Å². The van der Waals surface area contributed by atoms with E-state index in [4.69, 9.17) is 0 Å². The van der Waals surface area contributed by atoms with Crippen LogP contribution in [0.5, 0.6) is 0 Å². The van der Waals surface area contributed by atoms with Crippen LogP contribution in [0.2, 0.25) is 0 Å². The van der Waals surface area contributed by atoms with Gasteiger partial charge in [-0.05, 0) is 48.6 Å². The van der Waals surface area contributed by atoms with Gasteiger partial charge in [-0.1, -0.05) is 66.7 Å². The number of amides is 2. The van der Waals surface area contributed by atoms with Crippen molar-refractivity contribution >= 4 is 21.8 Å². The molecule has 3 aromatic rings. The number of nitrogens with one attached hydrogen (secondary N) is 3. The number of rotatable bonds is 10. The summed E-state index contributed by atoms with van der Waals surface area (Å²) < 4.78 is 28.6. The molecular formula is C27H29N3O4S. The largest absolute Gasteiger partial charge is 0.352 e. The van der Waals surface area contributed by atoms with E-state index in [1.807, 2.05) is 60.7 Å². The first kappa shape index (κ1) is 24.6. The zero-order chi connectivity index (χ0) is 24.8. The number of benzene rings is 3. The van der Waals surface area contributed by atoms with Gasteiger partial charge in [0, 0.05) is 24.6 Å². The minimum absolute atomic E-state index is 0.0307. The highest BCUT2D eigenvalue weighted by Crippen LogP contribution is 2.20. The molecule has 0 aliphatic heterocycles. The zero-order valence-corrected chi connectivity index (χ0v) is 20.3. The topological polar surface area (TPSA) is 104 Å². The standard InChI is InChI=1S/C27H29N3O4S/c1-19-12-13-22(17-25(19)35(33,34)28-18-21-10-6-3-7-11-21)26(31)30-24(27(32)29-23-14-15-23)16-20-8-4-2-5-9-20/h2-13,17,23-24,28H,14-16,18H2,1H3,(H,29,32)(H,30,31). The summed E-state index contributed by atoms with van der Waals surface area (Å²) in [5.74, 6) is -0.745. The second-order valence-corrected chi connectivity index (χ2v) is 10.5. The van der Waals surface area contributed by atoms with Gasteiger partial charge in [-0.2, -0.15) is 0 Å². The molecule has 1 aliphatic carbocycles. The van der Waals surface area contributed by atoms with E-state index in [9.17, 15) is 18.0 Å². The highest BCUT2D eigenvalue weighted by molar-refractivity contribution is 7.89. The average Bonchev–Trinajstić information content (AvgIpc) is 3.68. The number of hydrogen-bond acceptors (Lipinski definition) is 4. The van der Waals surface area contributed by atoms with Crippen LogP contribution in [0.25, 0.3) is 0 Å². The van der Waals surface area contributed by atoms with E-state index in [1.165, 1.54) is 6.07 Å². The second-order valence-electron chi connectivity index (χ2n) is 8.79. The van der Waals surface area contributed by atoms with Crippen molar-refractivity contribution in [3.63, 3.8) is 0 Å². The Hall–Kier alpha value is -3.49. The second kappa shape index (κ2) is 10.8. The van der Waals surface area contributed by atoms with Crippen molar-refractivity contribution in [1.29, 1.82) is 0 Å². The van der Waals surface area contributed by atoms with Crippen LogP contribution in [0.15, 0.2) is 83.8 Å². The van der Waals surface area contributed by atoms with Gasteiger partial charge < -0.3 is 10.6 Å². The van der Waals surface area contributed by atoms with Crippen molar-refractivity contribution in [2.45, 2.75) is 49.7 Å². The Balaban J connectivity index is 1.51. The molecule has 182 valence electrons. The maximum absolute atomic E-state index is 13.1. The summed E-state index contributed by atoms with van der Waals surface area (Å²) in [5, 5.41) is 5.75. The molecule has 1 saturated carbocycles. The molecule has 0 saturated heterocycles. The molecule has 0 bridgehead atoms. The first-order valence-electron chi connectivity index (χ1n) is 11.6. The Bertz CT molecular complexity index is 1290. The predicted molar refractivity (Wildman–Crippen MR) is 134 cm³/mol. The molecule has 7 nitrogen and oxygen atoms in total. The fourth-order valence-electron chi connectivity index (χ4n) is 3.71. The summed E-state index contributed by atoms with van der Waals surface area (Å²) in [4.78, 5) is 26.0. The van der Waals surface area contributed by atoms with Gasteiger partial charge in [0.2, 0.25) is 15.9 Å². The van der Waals surface area contributed by atoms with Gasteiger partial charge >= 0.3 is 0 Å². The highest BCUT2D eigenvalue weighted by Gasteiger charge is 2.29. The molecule has 35 heavy (non-hydrogen) atoms. The summed E-state index contributed by atoms with van der Waals surface area (Å²) in [6, 6.07) is 22.6. The summed E-state index contributed by atoms with van der Waals surface area (Å²) >= 11 is 0. The number of carbonyl (C=O) groups is 2. The van der Waals surface area contributed by atoms with Gasteiger partial charge in [-0.15, -0.1) is 0 Å². The molecule has 1 aliphatic rings. The van der Waals surface area contributed by atoms with Gasteiger partial charge in [0.1, 0.15) is 6.04 Å². The third-order valence-corrected chi connectivity index (χ3v) is 7.42. The summed E-state index contributed by atoms with van der Waals surface area (Å²) in [7, 11) is -3.86. The van der Waals surface area contributed by atoms with E-state index < -0.39 is 22.0 Å². The SMILES string of the molecule is Cc1ccc(C(=O)NC(Cc2ccccc2)C(=O)NC2CC2)cc1S(=O)(=O)NCc1ccccc1. The Morgan fingerprint density at radius 1 is 0.914 bits per heavy atom. The number of carbonyl (C=O) groups excluding carboxylic acids is 2. The molecule has 8 heteroatoms. The summed E-state index contributed by atoms with van der Waals surface area (Å²) in [5.41, 5.74) is 2.44. The predicted octanol–water partition coefficient (Wildman–Crippen LogP) is 3.09. The van der Waals surface area contributed by atoms with Crippen molar-refractivity contribution in [3.8, 4) is 0 Å². The molecule has 0 radical (unpaired) electrons. The fourth-order valence-corrected chi connectivity index (χ4v) is 5.00. The number of aryl methyl sites for hydroxylation is 1. The first-order valence-corrected chi connectivity index (χ1v) is 13.1. The van der Waals surface area contributed by atoms with Crippen LogP contribution in [0.1, 0.15) is 39.9 Å². The third kappa shape index (κ3) is 6.77. The molecule has 1 fully saturated rings. The average molecular weight is 492 g/mol. The van der Waals surface area contributed by atoms with Crippen LogP contribution in [0, 0.1) is 6.92 Å². The van der Waals surface area contributed by atoms with Crippen LogP contribution >= 0.6 is 0 Å². The number of sulfonamides is 1. The fraction of sp³-hybridized carbons (Fsp3) is 0.259. The summed E-state index contributed by atoms with van der Waals surface area (Å²) in [6.07, 6.45) is 2.21. The molecule has 0 aromatic heterocycles. The zero-order valence-electron chi connectivity index (χ0n) is 19.5. The maximum atomic E-state index is 13.1. The van der Waals surface area contributed by atoms with Crippen LogP contribution in [-0.2, 0) is 27.8 Å². The quantitative estimate of drug-likeness (QED) is 0.405. The normalized spacial score (nSPS) is 14.2. The van der Waals surface area contributed by atoms with Gasteiger partial charge in [0.05, 0.1) is 4.90 Å². The lowest BCUT2D eigenvalue weighted by molar-refractivity contribution is -0.123. The number of hydrogen-bond donors (Lipinski definition) is 3. The van der Waals surface area contributed by atoms with Gasteiger partial charge in [0.25, 0.3) is 5.91 Å².